The normalized spacial score (nSPS) is 17.6. The number of rotatable bonds is 7. The first-order chi connectivity index (χ1) is 10.1. The van der Waals surface area contributed by atoms with Gasteiger partial charge in [0, 0.05) is 31.2 Å². The molecular formula is C16H23ClN2O2. The number of ketones is 1. The highest BCUT2D eigenvalue weighted by molar-refractivity contribution is 6.30. The van der Waals surface area contributed by atoms with Crippen LogP contribution < -0.4 is 5.32 Å². The van der Waals surface area contributed by atoms with Gasteiger partial charge < -0.3 is 10.1 Å². The van der Waals surface area contributed by atoms with Gasteiger partial charge in [0.2, 0.25) is 0 Å². The highest BCUT2D eigenvalue weighted by Gasteiger charge is 2.15. The molecule has 21 heavy (non-hydrogen) atoms. The summed E-state index contributed by atoms with van der Waals surface area (Å²) in [6, 6.07) is 7.54. The van der Waals surface area contributed by atoms with Gasteiger partial charge in [-0.15, -0.1) is 0 Å². The molecule has 1 atom stereocenters. The Bertz CT molecular complexity index is 444. The highest BCUT2D eigenvalue weighted by atomic mass is 35.5. The summed E-state index contributed by atoms with van der Waals surface area (Å²) in [5.74, 6) is 0.173. The lowest BCUT2D eigenvalue weighted by atomic mass is 10.0. The average molecular weight is 311 g/mol. The second kappa shape index (κ2) is 8.49. The lowest BCUT2D eigenvalue weighted by Crippen LogP contribution is -2.44. The van der Waals surface area contributed by atoms with Crippen LogP contribution in [0.1, 0.15) is 12.5 Å². The molecule has 1 saturated heterocycles. The number of carbonyl (C=O) groups is 1. The largest absolute Gasteiger partial charge is 0.379 e. The van der Waals surface area contributed by atoms with Gasteiger partial charge in [0.05, 0.1) is 19.3 Å². The van der Waals surface area contributed by atoms with Crippen molar-refractivity contribution in [2.75, 3.05) is 39.4 Å². The van der Waals surface area contributed by atoms with Crippen molar-refractivity contribution in [3.8, 4) is 0 Å². The molecule has 1 aliphatic heterocycles. The lowest BCUT2D eigenvalue weighted by Gasteiger charge is -2.27. The van der Waals surface area contributed by atoms with Crippen LogP contribution in [0.15, 0.2) is 24.3 Å². The SMILES string of the molecule is CC(=O)[C@@H](Cc1ccc(Cl)cc1)NCCN1CCOCC1. The first kappa shape index (κ1) is 16.4. The first-order valence-electron chi connectivity index (χ1n) is 7.43. The molecule has 1 aliphatic rings. The van der Waals surface area contributed by atoms with Crippen molar-refractivity contribution >= 4 is 17.4 Å². The Morgan fingerprint density at radius 1 is 1.33 bits per heavy atom. The number of benzene rings is 1. The third kappa shape index (κ3) is 5.75. The van der Waals surface area contributed by atoms with E-state index in [4.69, 9.17) is 16.3 Å². The molecule has 0 radical (unpaired) electrons. The van der Waals surface area contributed by atoms with Gasteiger partial charge in [0.1, 0.15) is 5.78 Å². The maximum atomic E-state index is 11.8. The van der Waals surface area contributed by atoms with Crippen LogP contribution in [-0.2, 0) is 16.0 Å². The predicted octanol–water partition coefficient (Wildman–Crippen LogP) is 1.76. The molecule has 1 aromatic rings. The van der Waals surface area contributed by atoms with Gasteiger partial charge in [-0.2, -0.15) is 0 Å². The van der Waals surface area contributed by atoms with Crippen LogP contribution in [0, 0.1) is 0 Å². The Morgan fingerprint density at radius 3 is 2.62 bits per heavy atom. The van der Waals surface area contributed by atoms with Crippen molar-refractivity contribution in [3.63, 3.8) is 0 Å². The molecule has 0 saturated carbocycles. The molecule has 2 rings (SSSR count). The minimum Gasteiger partial charge on any atom is -0.379 e. The number of hydrogen-bond donors (Lipinski definition) is 1. The molecule has 0 spiro atoms. The maximum Gasteiger partial charge on any atom is 0.147 e. The van der Waals surface area contributed by atoms with Gasteiger partial charge in [-0.1, -0.05) is 23.7 Å². The van der Waals surface area contributed by atoms with Crippen molar-refractivity contribution in [1.82, 2.24) is 10.2 Å². The number of halogens is 1. The monoisotopic (exact) mass is 310 g/mol. The zero-order chi connectivity index (χ0) is 15.1. The molecular weight excluding hydrogens is 288 g/mol. The molecule has 0 amide bonds. The van der Waals surface area contributed by atoms with Crippen LogP contribution in [0.25, 0.3) is 0 Å². The molecule has 116 valence electrons. The van der Waals surface area contributed by atoms with Gasteiger partial charge in [-0.3, -0.25) is 9.69 Å². The minimum atomic E-state index is -0.132. The van der Waals surface area contributed by atoms with Crippen LogP contribution in [0.4, 0.5) is 0 Å². The van der Waals surface area contributed by atoms with E-state index in [9.17, 15) is 4.79 Å². The van der Waals surface area contributed by atoms with E-state index < -0.39 is 0 Å². The molecule has 5 heteroatoms. The van der Waals surface area contributed by atoms with Crippen LogP contribution in [0.5, 0.6) is 0 Å². The summed E-state index contributed by atoms with van der Waals surface area (Å²) >= 11 is 5.88. The second-order valence-corrected chi connectivity index (χ2v) is 5.84. The number of carbonyl (C=O) groups excluding carboxylic acids is 1. The third-order valence-electron chi connectivity index (χ3n) is 3.77. The van der Waals surface area contributed by atoms with E-state index in [1.165, 1.54) is 0 Å². The highest BCUT2D eigenvalue weighted by Crippen LogP contribution is 2.11. The number of nitrogens with one attached hydrogen (secondary N) is 1. The van der Waals surface area contributed by atoms with Gasteiger partial charge in [0.15, 0.2) is 0 Å². The van der Waals surface area contributed by atoms with Gasteiger partial charge >= 0.3 is 0 Å². The summed E-state index contributed by atoms with van der Waals surface area (Å²) in [6.45, 7) is 6.98. The Morgan fingerprint density at radius 2 is 2.00 bits per heavy atom. The molecule has 1 heterocycles. The average Bonchev–Trinajstić information content (AvgIpc) is 2.49. The fourth-order valence-corrected chi connectivity index (χ4v) is 2.56. The zero-order valence-corrected chi connectivity index (χ0v) is 13.2. The number of hydrogen-bond acceptors (Lipinski definition) is 4. The quantitative estimate of drug-likeness (QED) is 0.833. The minimum absolute atomic E-state index is 0.132. The third-order valence-corrected chi connectivity index (χ3v) is 4.02. The molecule has 0 aliphatic carbocycles. The van der Waals surface area contributed by atoms with Gasteiger partial charge in [-0.25, -0.2) is 0 Å². The van der Waals surface area contributed by atoms with Gasteiger partial charge in [-0.05, 0) is 31.0 Å². The fourth-order valence-electron chi connectivity index (χ4n) is 2.44. The van der Waals surface area contributed by atoms with Crippen molar-refractivity contribution < 1.29 is 9.53 Å². The van der Waals surface area contributed by atoms with E-state index in [1.54, 1.807) is 6.92 Å². The number of Topliss-reactive ketones (excluding diaryl/α,β-unsaturated/α-hetero) is 1. The van der Waals surface area contributed by atoms with E-state index in [-0.39, 0.29) is 11.8 Å². The summed E-state index contributed by atoms with van der Waals surface area (Å²) in [7, 11) is 0. The smallest absolute Gasteiger partial charge is 0.147 e. The molecule has 1 fully saturated rings. The number of ether oxygens (including phenoxy) is 1. The van der Waals surface area contributed by atoms with Crippen molar-refractivity contribution in [2.24, 2.45) is 0 Å². The van der Waals surface area contributed by atoms with E-state index in [2.05, 4.69) is 10.2 Å². The van der Waals surface area contributed by atoms with Crippen LogP contribution >= 0.6 is 11.6 Å². The molecule has 0 unspecified atom stereocenters. The Kier molecular flexibility index (Phi) is 6.64. The molecule has 0 bridgehead atoms. The van der Waals surface area contributed by atoms with E-state index in [0.717, 1.165) is 50.0 Å². The van der Waals surface area contributed by atoms with Crippen LogP contribution in [0.3, 0.4) is 0 Å². The Balaban J connectivity index is 1.78. The second-order valence-electron chi connectivity index (χ2n) is 5.40. The van der Waals surface area contributed by atoms with Crippen molar-refractivity contribution in [3.05, 3.63) is 34.9 Å². The topological polar surface area (TPSA) is 41.6 Å². The maximum absolute atomic E-state index is 11.8. The van der Waals surface area contributed by atoms with Crippen LogP contribution in [-0.4, -0.2) is 56.1 Å². The molecule has 4 nitrogen and oxygen atoms in total. The summed E-state index contributed by atoms with van der Waals surface area (Å²) < 4.78 is 5.33. The number of nitrogens with zero attached hydrogens (tertiary/aromatic N) is 1. The lowest BCUT2D eigenvalue weighted by molar-refractivity contribution is -0.119. The summed E-state index contributed by atoms with van der Waals surface area (Å²) in [5, 5.41) is 4.09. The summed E-state index contributed by atoms with van der Waals surface area (Å²) in [4.78, 5) is 14.1. The fraction of sp³-hybridized carbons (Fsp3) is 0.562. The first-order valence-corrected chi connectivity index (χ1v) is 7.81. The Hall–Kier alpha value is -0.940. The number of morpholine rings is 1. The van der Waals surface area contributed by atoms with E-state index in [0.29, 0.717) is 6.42 Å². The van der Waals surface area contributed by atoms with Crippen LogP contribution in [0.2, 0.25) is 5.02 Å². The van der Waals surface area contributed by atoms with Gasteiger partial charge in [0.25, 0.3) is 0 Å². The standard InChI is InChI=1S/C16H23ClN2O2/c1-13(20)16(12-14-2-4-15(17)5-3-14)18-6-7-19-8-10-21-11-9-19/h2-5,16,18H,6-12H2,1H3/t16-/m1/s1. The van der Waals surface area contributed by atoms with Crippen molar-refractivity contribution in [1.29, 1.82) is 0 Å². The van der Waals surface area contributed by atoms with E-state index >= 15 is 0 Å². The molecule has 0 aromatic heterocycles. The zero-order valence-electron chi connectivity index (χ0n) is 12.5. The molecule has 1 N–H and O–H groups in total. The predicted molar refractivity (Wildman–Crippen MR) is 84.9 cm³/mol. The summed E-state index contributed by atoms with van der Waals surface area (Å²) in [5.41, 5.74) is 1.12. The Labute approximate surface area is 131 Å². The summed E-state index contributed by atoms with van der Waals surface area (Å²) in [6.07, 6.45) is 0.704. The molecule has 1 aromatic carbocycles. The van der Waals surface area contributed by atoms with E-state index in [1.807, 2.05) is 24.3 Å². The van der Waals surface area contributed by atoms with Crippen molar-refractivity contribution in [2.45, 2.75) is 19.4 Å².